The van der Waals surface area contributed by atoms with E-state index in [1.807, 2.05) is 0 Å². The highest BCUT2D eigenvalue weighted by atomic mass is 32.2. The number of hydrogen-bond acceptors (Lipinski definition) is 3. The molecule has 0 radical (unpaired) electrons. The highest BCUT2D eigenvalue weighted by Crippen LogP contribution is 2.28. The lowest BCUT2D eigenvalue weighted by molar-refractivity contribution is 0.277. The van der Waals surface area contributed by atoms with Crippen LogP contribution in [0.25, 0.3) is 0 Å². The third-order valence-electron chi connectivity index (χ3n) is 3.64. The normalized spacial score (nSPS) is 17.5. The van der Waals surface area contributed by atoms with E-state index in [1.165, 1.54) is 4.31 Å². The van der Waals surface area contributed by atoms with E-state index in [0.29, 0.717) is 5.56 Å². The van der Waals surface area contributed by atoms with Crippen LogP contribution in [0.15, 0.2) is 29.2 Å². The molecule has 0 heterocycles. The van der Waals surface area contributed by atoms with Gasteiger partial charge in [-0.05, 0) is 24.5 Å². The van der Waals surface area contributed by atoms with Gasteiger partial charge in [0.1, 0.15) is 0 Å². The molecule has 2 rings (SSSR count). The number of aliphatic hydroxyl groups is 1. The minimum absolute atomic E-state index is 0.0988. The highest BCUT2D eigenvalue weighted by Gasteiger charge is 2.31. The van der Waals surface area contributed by atoms with Crippen molar-refractivity contribution in [3.8, 4) is 0 Å². The summed E-state index contributed by atoms with van der Waals surface area (Å²) in [5, 5.41) is 9.25. The zero-order chi connectivity index (χ0) is 13.2. The predicted octanol–water partition coefficient (Wildman–Crippen LogP) is 1.74. The van der Waals surface area contributed by atoms with Crippen LogP contribution in [0.1, 0.15) is 31.2 Å². The molecule has 0 spiro atoms. The summed E-state index contributed by atoms with van der Waals surface area (Å²) in [5.74, 6) is 0. The minimum atomic E-state index is -3.49. The van der Waals surface area contributed by atoms with Crippen LogP contribution in [0.5, 0.6) is 0 Å². The monoisotopic (exact) mass is 269 g/mol. The Morgan fingerprint density at radius 2 is 1.89 bits per heavy atom. The number of aliphatic hydroxyl groups excluding tert-OH is 1. The van der Waals surface area contributed by atoms with Gasteiger partial charge in [0.2, 0.25) is 10.0 Å². The van der Waals surface area contributed by atoms with Crippen LogP contribution in [0.2, 0.25) is 0 Å². The fourth-order valence-corrected chi connectivity index (χ4v) is 4.13. The molecule has 1 aliphatic carbocycles. The molecule has 0 bridgehead atoms. The summed E-state index contributed by atoms with van der Waals surface area (Å²) in [5.41, 5.74) is 0.461. The van der Waals surface area contributed by atoms with Crippen molar-refractivity contribution in [1.82, 2.24) is 4.31 Å². The lowest BCUT2D eigenvalue weighted by Crippen LogP contribution is -2.35. The van der Waals surface area contributed by atoms with Crippen molar-refractivity contribution in [3.05, 3.63) is 29.8 Å². The number of benzene rings is 1. The maximum atomic E-state index is 12.5. The van der Waals surface area contributed by atoms with Gasteiger partial charge in [-0.15, -0.1) is 0 Å². The van der Waals surface area contributed by atoms with Crippen molar-refractivity contribution in [2.45, 2.75) is 43.2 Å². The summed E-state index contributed by atoms with van der Waals surface area (Å²) in [6.07, 6.45) is 4.03. The van der Waals surface area contributed by atoms with Crippen molar-refractivity contribution < 1.29 is 13.5 Å². The Hall–Kier alpha value is -0.910. The smallest absolute Gasteiger partial charge is 0.243 e. The second kappa shape index (κ2) is 5.38. The minimum Gasteiger partial charge on any atom is -0.392 e. The first-order chi connectivity index (χ1) is 8.57. The first-order valence-corrected chi connectivity index (χ1v) is 7.68. The van der Waals surface area contributed by atoms with Gasteiger partial charge in [0.25, 0.3) is 0 Å². The van der Waals surface area contributed by atoms with Crippen molar-refractivity contribution in [2.75, 3.05) is 7.05 Å². The molecule has 1 aromatic rings. The van der Waals surface area contributed by atoms with E-state index in [0.717, 1.165) is 25.7 Å². The first kappa shape index (κ1) is 13.5. The average Bonchev–Trinajstić information content (AvgIpc) is 2.91. The highest BCUT2D eigenvalue weighted by molar-refractivity contribution is 7.89. The van der Waals surface area contributed by atoms with Crippen LogP contribution >= 0.6 is 0 Å². The van der Waals surface area contributed by atoms with E-state index >= 15 is 0 Å². The van der Waals surface area contributed by atoms with Gasteiger partial charge in [0, 0.05) is 13.1 Å². The quantitative estimate of drug-likeness (QED) is 0.906. The lowest BCUT2D eigenvalue weighted by atomic mass is 10.2. The molecule has 0 saturated heterocycles. The summed E-state index contributed by atoms with van der Waals surface area (Å²) >= 11 is 0. The number of nitrogens with zero attached hydrogens (tertiary/aromatic N) is 1. The number of sulfonamides is 1. The second-order valence-electron chi connectivity index (χ2n) is 4.73. The van der Waals surface area contributed by atoms with Crippen molar-refractivity contribution in [2.24, 2.45) is 0 Å². The van der Waals surface area contributed by atoms with E-state index in [-0.39, 0.29) is 17.5 Å². The molecule has 0 unspecified atom stereocenters. The van der Waals surface area contributed by atoms with Gasteiger partial charge in [-0.3, -0.25) is 0 Å². The van der Waals surface area contributed by atoms with Gasteiger partial charge in [-0.1, -0.05) is 31.0 Å². The molecule has 4 nitrogen and oxygen atoms in total. The summed E-state index contributed by atoms with van der Waals surface area (Å²) < 4.78 is 26.5. The molecular formula is C13H19NO3S. The third-order valence-corrected chi connectivity index (χ3v) is 5.65. The molecule has 0 atom stereocenters. The van der Waals surface area contributed by atoms with E-state index in [4.69, 9.17) is 0 Å². The molecule has 1 N–H and O–H groups in total. The summed E-state index contributed by atoms with van der Waals surface area (Å²) in [4.78, 5) is 0.224. The summed E-state index contributed by atoms with van der Waals surface area (Å²) in [7, 11) is -1.85. The molecule has 5 heteroatoms. The third kappa shape index (κ3) is 2.43. The van der Waals surface area contributed by atoms with Gasteiger partial charge in [0.05, 0.1) is 11.5 Å². The maximum Gasteiger partial charge on any atom is 0.243 e. The Bertz CT molecular complexity index is 507. The van der Waals surface area contributed by atoms with Gasteiger partial charge in [-0.25, -0.2) is 8.42 Å². The molecule has 1 fully saturated rings. The fraction of sp³-hybridized carbons (Fsp3) is 0.538. The lowest BCUT2D eigenvalue weighted by Gasteiger charge is -2.24. The van der Waals surface area contributed by atoms with Crippen LogP contribution in [0.3, 0.4) is 0 Å². The Kier molecular flexibility index (Phi) is 4.04. The maximum absolute atomic E-state index is 12.5. The molecular weight excluding hydrogens is 250 g/mol. The Labute approximate surface area is 108 Å². The van der Waals surface area contributed by atoms with E-state index in [1.54, 1.807) is 31.3 Å². The Morgan fingerprint density at radius 3 is 2.50 bits per heavy atom. The Morgan fingerprint density at radius 1 is 1.28 bits per heavy atom. The van der Waals surface area contributed by atoms with Crippen molar-refractivity contribution in [1.29, 1.82) is 0 Å². The Balaban J connectivity index is 2.35. The second-order valence-corrected chi connectivity index (χ2v) is 6.69. The average molecular weight is 269 g/mol. The molecule has 1 saturated carbocycles. The van der Waals surface area contributed by atoms with Crippen molar-refractivity contribution >= 4 is 10.0 Å². The number of rotatable bonds is 4. The molecule has 0 aromatic heterocycles. The van der Waals surface area contributed by atoms with Gasteiger partial charge in [0.15, 0.2) is 0 Å². The zero-order valence-electron chi connectivity index (χ0n) is 10.5. The fourth-order valence-electron chi connectivity index (χ4n) is 2.51. The van der Waals surface area contributed by atoms with Crippen molar-refractivity contribution in [3.63, 3.8) is 0 Å². The van der Waals surface area contributed by atoms with Crippen LogP contribution < -0.4 is 0 Å². The van der Waals surface area contributed by atoms with E-state index in [9.17, 15) is 13.5 Å². The van der Waals surface area contributed by atoms with E-state index in [2.05, 4.69) is 0 Å². The summed E-state index contributed by atoms with van der Waals surface area (Å²) in [6, 6.07) is 6.73. The molecule has 0 aliphatic heterocycles. The van der Waals surface area contributed by atoms with Crippen LogP contribution in [0.4, 0.5) is 0 Å². The predicted molar refractivity (Wildman–Crippen MR) is 69.6 cm³/mol. The summed E-state index contributed by atoms with van der Waals surface area (Å²) in [6.45, 7) is -0.256. The topological polar surface area (TPSA) is 57.6 Å². The largest absolute Gasteiger partial charge is 0.392 e. The standard InChI is InChI=1S/C13H19NO3S/c1-14(12-7-3-4-8-12)18(16,17)13-9-5-2-6-11(13)10-15/h2,5-6,9,12,15H,3-4,7-8,10H2,1H3. The van der Waals surface area contributed by atoms with Crippen LogP contribution in [0, 0.1) is 0 Å². The van der Waals surface area contributed by atoms with Gasteiger partial charge < -0.3 is 5.11 Å². The first-order valence-electron chi connectivity index (χ1n) is 6.24. The molecule has 100 valence electrons. The van der Waals surface area contributed by atoms with Crippen LogP contribution in [-0.4, -0.2) is 30.9 Å². The van der Waals surface area contributed by atoms with E-state index < -0.39 is 10.0 Å². The zero-order valence-corrected chi connectivity index (χ0v) is 11.4. The molecule has 1 aliphatic rings. The molecule has 18 heavy (non-hydrogen) atoms. The molecule has 1 aromatic carbocycles. The van der Waals surface area contributed by atoms with Gasteiger partial charge >= 0.3 is 0 Å². The number of hydrogen-bond donors (Lipinski definition) is 1. The SMILES string of the molecule is CN(C1CCCC1)S(=O)(=O)c1ccccc1CO. The molecule has 0 amide bonds. The van der Waals surface area contributed by atoms with Crippen LogP contribution in [-0.2, 0) is 16.6 Å². The van der Waals surface area contributed by atoms with Gasteiger partial charge in [-0.2, -0.15) is 4.31 Å².